The highest BCUT2D eigenvalue weighted by molar-refractivity contribution is 6.34. The van der Waals surface area contributed by atoms with E-state index >= 15 is 0 Å². The number of aromatic nitrogens is 3. The quantitative estimate of drug-likeness (QED) is 0.877. The van der Waals surface area contributed by atoms with Gasteiger partial charge in [-0.1, -0.05) is 23.2 Å². The van der Waals surface area contributed by atoms with Gasteiger partial charge in [0.25, 0.3) is 0 Å². The van der Waals surface area contributed by atoms with E-state index in [0.717, 1.165) is 0 Å². The predicted octanol–water partition coefficient (Wildman–Crippen LogP) is 1.86. The van der Waals surface area contributed by atoms with E-state index in [-0.39, 0.29) is 18.9 Å². The largest absolute Gasteiger partial charge is 0.388 e. The average Bonchev–Trinajstić information content (AvgIpc) is 2.80. The molecule has 0 fully saturated rings. The highest BCUT2D eigenvalue weighted by Crippen LogP contribution is 2.25. The van der Waals surface area contributed by atoms with Gasteiger partial charge in [-0.15, -0.1) is 0 Å². The van der Waals surface area contributed by atoms with Crippen molar-refractivity contribution >= 4 is 29.1 Å². The summed E-state index contributed by atoms with van der Waals surface area (Å²) in [6.07, 6.45) is 0.347. The molecule has 0 saturated carbocycles. The van der Waals surface area contributed by atoms with E-state index in [9.17, 15) is 9.90 Å². The summed E-state index contributed by atoms with van der Waals surface area (Å²) in [6, 6.07) is 4.72. The number of carbonyl (C=O) groups excluding carboxylic acids is 1. The van der Waals surface area contributed by atoms with Gasteiger partial charge in [-0.2, -0.15) is 5.10 Å². The van der Waals surface area contributed by atoms with E-state index in [2.05, 4.69) is 15.4 Å². The number of rotatable bonds is 5. The summed E-state index contributed by atoms with van der Waals surface area (Å²) in [7, 11) is 1.73. The summed E-state index contributed by atoms with van der Waals surface area (Å²) in [5.74, 6) is 0.324. The molecular weight excluding hydrogens is 315 g/mol. The smallest absolute Gasteiger partial charge is 0.223 e. The lowest BCUT2D eigenvalue weighted by molar-refractivity contribution is -0.123. The molecule has 2 aromatic rings. The summed E-state index contributed by atoms with van der Waals surface area (Å²) >= 11 is 11.7. The van der Waals surface area contributed by atoms with Crippen molar-refractivity contribution in [3.05, 3.63) is 46.0 Å². The summed E-state index contributed by atoms with van der Waals surface area (Å²) in [5.41, 5.74) is 0.501. The van der Waals surface area contributed by atoms with Gasteiger partial charge in [0, 0.05) is 17.1 Å². The molecule has 0 bridgehead atoms. The molecule has 0 aliphatic rings. The Morgan fingerprint density at radius 3 is 2.62 bits per heavy atom. The monoisotopic (exact) mass is 328 g/mol. The second-order valence-corrected chi connectivity index (χ2v) is 5.37. The van der Waals surface area contributed by atoms with Gasteiger partial charge in [-0.05, 0) is 23.8 Å². The summed E-state index contributed by atoms with van der Waals surface area (Å²) in [4.78, 5) is 15.8. The number of aliphatic hydroxyl groups excluding tert-OH is 1. The average molecular weight is 329 g/mol. The number of carbonyl (C=O) groups is 1. The molecule has 8 heteroatoms. The van der Waals surface area contributed by atoms with E-state index < -0.39 is 6.10 Å². The Labute approximate surface area is 131 Å². The Kier molecular flexibility index (Phi) is 5.17. The van der Waals surface area contributed by atoms with Crippen LogP contribution in [0.15, 0.2) is 24.5 Å². The van der Waals surface area contributed by atoms with Crippen LogP contribution in [0.1, 0.15) is 23.9 Å². The number of hydrogen-bond acceptors (Lipinski definition) is 4. The minimum Gasteiger partial charge on any atom is -0.388 e. The van der Waals surface area contributed by atoms with E-state index in [1.165, 1.54) is 6.33 Å². The van der Waals surface area contributed by atoms with Crippen molar-refractivity contribution < 1.29 is 9.90 Å². The van der Waals surface area contributed by atoms with E-state index in [1.807, 2.05) is 0 Å². The SMILES string of the molecule is Cn1ncnc1CNC(=O)CC(O)c1cc(Cl)cc(Cl)c1. The van der Waals surface area contributed by atoms with Crippen molar-refractivity contribution in [2.75, 3.05) is 0 Å². The Bertz CT molecular complexity index is 625. The van der Waals surface area contributed by atoms with Crippen molar-refractivity contribution in [3.8, 4) is 0 Å². The first-order valence-electron chi connectivity index (χ1n) is 6.19. The zero-order valence-electron chi connectivity index (χ0n) is 11.3. The van der Waals surface area contributed by atoms with E-state index in [1.54, 1.807) is 29.9 Å². The van der Waals surface area contributed by atoms with Crippen LogP contribution in [0.25, 0.3) is 0 Å². The molecule has 1 aromatic carbocycles. The highest BCUT2D eigenvalue weighted by Gasteiger charge is 2.14. The molecule has 1 amide bonds. The zero-order valence-corrected chi connectivity index (χ0v) is 12.8. The van der Waals surface area contributed by atoms with Crippen LogP contribution in [-0.2, 0) is 18.4 Å². The van der Waals surface area contributed by atoms with E-state index in [0.29, 0.717) is 21.4 Å². The molecule has 1 aromatic heterocycles. The molecule has 2 rings (SSSR count). The van der Waals surface area contributed by atoms with Gasteiger partial charge >= 0.3 is 0 Å². The van der Waals surface area contributed by atoms with Crippen molar-refractivity contribution in [1.82, 2.24) is 20.1 Å². The first-order chi connectivity index (χ1) is 9.95. The van der Waals surface area contributed by atoms with Gasteiger partial charge in [0.15, 0.2) is 0 Å². The third kappa shape index (κ3) is 4.42. The maximum absolute atomic E-state index is 11.8. The molecule has 6 nitrogen and oxygen atoms in total. The molecule has 0 radical (unpaired) electrons. The number of aliphatic hydroxyl groups is 1. The van der Waals surface area contributed by atoms with Crippen molar-refractivity contribution in [3.63, 3.8) is 0 Å². The summed E-state index contributed by atoms with van der Waals surface area (Å²) in [6.45, 7) is 0.248. The fourth-order valence-corrected chi connectivity index (χ4v) is 2.33. The fourth-order valence-electron chi connectivity index (χ4n) is 1.79. The van der Waals surface area contributed by atoms with Crippen LogP contribution in [0.5, 0.6) is 0 Å². The van der Waals surface area contributed by atoms with Crippen LogP contribution < -0.4 is 5.32 Å². The molecule has 21 heavy (non-hydrogen) atoms. The normalized spacial score (nSPS) is 12.2. The number of aryl methyl sites for hydroxylation is 1. The van der Waals surface area contributed by atoms with Gasteiger partial charge in [0.1, 0.15) is 12.2 Å². The molecule has 0 spiro atoms. The number of amides is 1. The second kappa shape index (κ2) is 6.89. The molecule has 1 unspecified atom stereocenters. The third-order valence-electron chi connectivity index (χ3n) is 2.90. The third-order valence-corrected chi connectivity index (χ3v) is 3.33. The first-order valence-corrected chi connectivity index (χ1v) is 6.95. The molecule has 0 aliphatic carbocycles. The fraction of sp³-hybridized carbons (Fsp3) is 0.308. The topological polar surface area (TPSA) is 80.0 Å². The molecular formula is C13H14Cl2N4O2. The molecule has 112 valence electrons. The van der Waals surface area contributed by atoms with Crippen molar-refractivity contribution in [1.29, 1.82) is 0 Å². The molecule has 1 heterocycles. The van der Waals surface area contributed by atoms with Crippen LogP contribution in [0.3, 0.4) is 0 Å². The van der Waals surface area contributed by atoms with Gasteiger partial charge in [0.2, 0.25) is 5.91 Å². The number of benzene rings is 1. The van der Waals surface area contributed by atoms with Crippen LogP contribution in [-0.4, -0.2) is 25.8 Å². The number of halogens is 2. The van der Waals surface area contributed by atoms with Crippen LogP contribution >= 0.6 is 23.2 Å². The highest BCUT2D eigenvalue weighted by atomic mass is 35.5. The maximum atomic E-state index is 11.8. The summed E-state index contributed by atoms with van der Waals surface area (Å²) in [5, 5.41) is 17.4. The van der Waals surface area contributed by atoms with Crippen LogP contribution in [0.2, 0.25) is 10.0 Å². The maximum Gasteiger partial charge on any atom is 0.223 e. The standard InChI is InChI=1S/C13H14Cl2N4O2/c1-19-12(17-7-18-19)6-16-13(21)5-11(20)8-2-9(14)4-10(15)3-8/h2-4,7,11,20H,5-6H2,1H3,(H,16,21). The number of hydrogen-bond donors (Lipinski definition) is 2. The number of nitrogens with zero attached hydrogens (tertiary/aromatic N) is 3. The van der Waals surface area contributed by atoms with Crippen LogP contribution in [0.4, 0.5) is 0 Å². The second-order valence-electron chi connectivity index (χ2n) is 4.50. The Morgan fingerprint density at radius 1 is 1.38 bits per heavy atom. The molecule has 0 aliphatic heterocycles. The Morgan fingerprint density at radius 2 is 2.05 bits per heavy atom. The van der Waals surface area contributed by atoms with Crippen LogP contribution in [0, 0.1) is 0 Å². The van der Waals surface area contributed by atoms with Crippen molar-refractivity contribution in [2.24, 2.45) is 7.05 Å². The summed E-state index contributed by atoms with van der Waals surface area (Å²) < 4.78 is 1.56. The lowest BCUT2D eigenvalue weighted by Crippen LogP contribution is -2.26. The Balaban J connectivity index is 1.91. The Hall–Kier alpha value is -1.63. The zero-order chi connectivity index (χ0) is 15.4. The lowest BCUT2D eigenvalue weighted by Gasteiger charge is -2.12. The van der Waals surface area contributed by atoms with E-state index in [4.69, 9.17) is 23.2 Å². The van der Waals surface area contributed by atoms with Gasteiger partial charge < -0.3 is 10.4 Å². The van der Waals surface area contributed by atoms with Gasteiger partial charge in [-0.3, -0.25) is 9.48 Å². The van der Waals surface area contributed by atoms with Gasteiger partial charge in [0.05, 0.1) is 19.1 Å². The van der Waals surface area contributed by atoms with Crippen molar-refractivity contribution in [2.45, 2.75) is 19.1 Å². The molecule has 0 saturated heterocycles. The lowest BCUT2D eigenvalue weighted by atomic mass is 10.1. The van der Waals surface area contributed by atoms with Gasteiger partial charge in [-0.25, -0.2) is 4.98 Å². The minimum absolute atomic E-state index is 0.0888. The predicted molar refractivity (Wildman–Crippen MR) is 78.9 cm³/mol. The minimum atomic E-state index is -0.972. The molecule has 1 atom stereocenters. The number of nitrogens with one attached hydrogen (secondary N) is 1. The molecule has 2 N–H and O–H groups in total. The first kappa shape index (κ1) is 15.8.